The number of para-hydroxylation sites is 1. The van der Waals surface area contributed by atoms with Crippen molar-refractivity contribution in [2.75, 3.05) is 5.73 Å². The van der Waals surface area contributed by atoms with Gasteiger partial charge in [0, 0.05) is 21.6 Å². The maximum absolute atomic E-state index is 13.0. The van der Waals surface area contributed by atoms with Gasteiger partial charge in [0.25, 0.3) is 6.29 Å². The summed E-state index contributed by atoms with van der Waals surface area (Å²) in [5.74, 6) is -1.84. The molecule has 2 unspecified atom stereocenters. The van der Waals surface area contributed by atoms with E-state index in [1.165, 1.54) is 16.7 Å². The number of amides is 2. The van der Waals surface area contributed by atoms with Crippen LogP contribution in [0.3, 0.4) is 0 Å². The third-order valence-electron chi connectivity index (χ3n) is 6.08. The fourth-order valence-corrected chi connectivity index (χ4v) is 5.73. The van der Waals surface area contributed by atoms with Crippen molar-refractivity contribution in [1.82, 2.24) is 10.2 Å². The summed E-state index contributed by atoms with van der Waals surface area (Å²) < 4.78 is 9.89. The predicted molar refractivity (Wildman–Crippen MR) is 117 cm³/mol. The van der Waals surface area contributed by atoms with Crippen molar-refractivity contribution >= 4 is 41.2 Å². The molecule has 9 nitrogen and oxygen atoms in total. The maximum Gasteiger partial charge on any atom is 0.337 e. The quantitative estimate of drug-likeness (QED) is 0.381. The van der Waals surface area contributed by atoms with Crippen LogP contribution in [0.1, 0.15) is 33.3 Å². The van der Waals surface area contributed by atoms with Crippen molar-refractivity contribution in [3.8, 4) is 0 Å². The molecule has 1 aromatic rings. The van der Waals surface area contributed by atoms with E-state index in [-0.39, 0.29) is 18.2 Å². The summed E-state index contributed by atoms with van der Waals surface area (Å²) in [7, 11) is 0. The SMILES string of the molecule is CC1=C(C)C(OC(=O)[C@@H]2N3C(=O)C(NC(=O)Cc4ccccc4N)[C@H]3SC2(C)C)OC1=O. The van der Waals surface area contributed by atoms with E-state index in [1.54, 1.807) is 38.1 Å². The maximum atomic E-state index is 13.0. The minimum atomic E-state index is -1.09. The number of esters is 2. The Kier molecular flexibility index (Phi) is 5.44. The van der Waals surface area contributed by atoms with Gasteiger partial charge in [-0.25, -0.2) is 9.59 Å². The number of nitrogen functional groups attached to an aromatic ring is 1. The normalized spacial score (nSPS) is 28.2. The van der Waals surface area contributed by atoms with Gasteiger partial charge in [0.2, 0.25) is 11.8 Å². The van der Waals surface area contributed by atoms with Crippen LogP contribution in [-0.4, -0.2) is 57.1 Å². The first-order valence-electron chi connectivity index (χ1n) is 10.2. The second kappa shape index (κ2) is 7.84. The Morgan fingerprint density at radius 2 is 1.94 bits per heavy atom. The van der Waals surface area contributed by atoms with Crippen LogP contribution >= 0.6 is 11.8 Å². The molecule has 3 aliphatic rings. The number of β-lactam (4-membered cyclic amide) rings is 1. The second-order valence-corrected chi connectivity index (χ2v) is 10.4. The largest absolute Gasteiger partial charge is 0.419 e. The molecule has 0 radical (unpaired) electrons. The number of anilines is 1. The molecular weight excluding hydrogens is 434 g/mol. The third-order valence-corrected chi connectivity index (χ3v) is 7.65. The number of nitrogens with one attached hydrogen (secondary N) is 1. The molecule has 10 heteroatoms. The lowest BCUT2D eigenvalue weighted by Crippen LogP contribution is -2.71. The van der Waals surface area contributed by atoms with Crippen LogP contribution in [0.15, 0.2) is 35.4 Å². The molecule has 3 aliphatic heterocycles. The van der Waals surface area contributed by atoms with Gasteiger partial charge in [0.05, 0.1) is 6.42 Å². The highest BCUT2D eigenvalue weighted by atomic mass is 32.2. The number of carbonyl (C=O) groups excluding carboxylic acids is 4. The lowest BCUT2D eigenvalue weighted by atomic mass is 9.95. The summed E-state index contributed by atoms with van der Waals surface area (Å²) in [5.41, 5.74) is 8.02. The molecule has 4 atom stereocenters. The van der Waals surface area contributed by atoms with E-state index in [0.29, 0.717) is 22.4 Å². The van der Waals surface area contributed by atoms with Crippen LogP contribution in [0.5, 0.6) is 0 Å². The van der Waals surface area contributed by atoms with E-state index in [2.05, 4.69) is 5.32 Å². The molecule has 3 N–H and O–H groups in total. The topological polar surface area (TPSA) is 128 Å². The zero-order valence-corrected chi connectivity index (χ0v) is 19.0. The zero-order chi connectivity index (χ0) is 23.4. The highest BCUT2D eigenvalue weighted by molar-refractivity contribution is 8.01. The fraction of sp³-hybridized carbons (Fsp3) is 0.455. The number of benzene rings is 1. The molecule has 4 rings (SSSR count). The Hall–Kier alpha value is -3.01. The molecule has 170 valence electrons. The number of fused-ring (bicyclic) bond motifs is 1. The number of rotatable bonds is 5. The Morgan fingerprint density at radius 3 is 2.56 bits per heavy atom. The van der Waals surface area contributed by atoms with Gasteiger partial charge in [-0.2, -0.15) is 0 Å². The first-order chi connectivity index (χ1) is 15.0. The van der Waals surface area contributed by atoms with Gasteiger partial charge in [-0.15, -0.1) is 11.8 Å². The summed E-state index contributed by atoms with van der Waals surface area (Å²) in [5, 5.41) is 2.37. The van der Waals surface area contributed by atoms with Crippen molar-refractivity contribution in [3.05, 3.63) is 41.0 Å². The molecule has 3 heterocycles. The molecule has 0 aliphatic carbocycles. The van der Waals surface area contributed by atoms with Crippen LogP contribution in [-0.2, 0) is 35.1 Å². The zero-order valence-electron chi connectivity index (χ0n) is 18.2. The highest BCUT2D eigenvalue weighted by Gasteiger charge is 2.64. The summed E-state index contributed by atoms with van der Waals surface area (Å²) in [6.45, 7) is 6.95. The van der Waals surface area contributed by atoms with Crippen molar-refractivity contribution in [1.29, 1.82) is 0 Å². The molecule has 0 bridgehead atoms. The summed E-state index contributed by atoms with van der Waals surface area (Å²) in [6, 6.07) is 5.45. The van der Waals surface area contributed by atoms with Crippen LogP contribution in [0.2, 0.25) is 0 Å². The van der Waals surface area contributed by atoms with E-state index in [0.717, 1.165) is 0 Å². The molecule has 2 saturated heterocycles. The van der Waals surface area contributed by atoms with Gasteiger partial charge >= 0.3 is 11.9 Å². The minimum absolute atomic E-state index is 0.0563. The summed E-state index contributed by atoms with van der Waals surface area (Å²) >= 11 is 1.42. The number of nitrogens with zero attached hydrogens (tertiary/aromatic N) is 1. The lowest BCUT2D eigenvalue weighted by Gasteiger charge is -2.44. The smallest absolute Gasteiger partial charge is 0.337 e. The van der Waals surface area contributed by atoms with Crippen LogP contribution in [0, 0.1) is 0 Å². The number of carbonyl (C=O) groups is 4. The number of thioether (sulfide) groups is 1. The first kappa shape index (κ1) is 22.2. The van der Waals surface area contributed by atoms with Crippen molar-refractivity contribution in [2.45, 2.75) is 62.6 Å². The van der Waals surface area contributed by atoms with Crippen molar-refractivity contribution in [2.24, 2.45) is 0 Å². The molecule has 0 aromatic heterocycles. The molecule has 2 fully saturated rings. The van der Waals surface area contributed by atoms with Gasteiger partial charge in [0.15, 0.2) is 0 Å². The van der Waals surface area contributed by atoms with Crippen LogP contribution in [0.4, 0.5) is 5.69 Å². The summed E-state index contributed by atoms with van der Waals surface area (Å²) in [6.07, 6.45) is -1.03. The number of nitrogens with two attached hydrogens (primary N) is 1. The first-order valence-corrected chi connectivity index (χ1v) is 11.1. The molecule has 32 heavy (non-hydrogen) atoms. The average molecular weight is 460 g/mol. The van der Waals surface area contributed by atoms with Crippen LogP contribution in [0.25, 0.3) is 0 Å². The average Bonchev–Trinajstić information content (AvgIpc) is 3.12. The molecule has 0 saturated carbocycles. The summed E-state index contributed by atoms with van der Waals surface area (Å²) in [4.78, 5) is 51.5. The van der Waals surface area contributed by atoms with Crippen molar-refractivity contribution in [3.63, 3.8) is 0 Å². The Morgan fingerprint density at radius 1 is 1.25 bits per heavy atom. The van der Waals surface area contributed by atoms with Crippen LogP contribution < -0.4 is 11.1 Å². The minimum Gasteiger partial charge on any atom is -0.419 e. The Labute approximate surface area is 189 Å². The van der Waals surface area contributed by atoms with E-state index in [1.807, 2.05) is 13.8 Å². The molecular formula is C22H25N3O6S. The highest BCUT2D eigenvalue weighted by Crippen LogP contribution is 2.51. The Balaban J connectivity index is 1.43. The number of hydrogen-bond donors (Lipinski definition) is 2. The monoisotopic (exact) mass is 459 g/mol. The Bertz CT molecular complexity index is 1050. The second-order valence-electron chi connectivity index (χ2n) is 8.66. The van der Waals surface area contributed by atoms with E-state index in [4.69, 9.17) is 15.2 Å². The number of hydrogen-bond acceptors (Lipinski definition) is 8. The third kappa shape index (κ3) is 3.62. The predicted octanol–water partition coefficient (Wildman–Crippen LogP) is 1.12. The molecule has 2 amide bonds. The molecule has 0 spiro atoms. The lowest BCUT2D eigenvalue weighted by molar-refractivity contribution is -0.183. The van der Waals surface area contributed by atoms with Gasteiger partial charge in [0.1, 0.15) is 17.5 Å². The van der Waals surface area contributed by atoms with Gasteiger partial charge in [-0.1, -0.05) is 18.2 Å². The molecule has 1 aromatic carbocycles. The van der Waals surface area contributed by atoms with E-state index in [9.17, 15) is 19.2 Å². The van der Waals surface area contributed by atoms with E-state index < -0.39 is 40.4 Å². The van der Waals surface area contributed by atoms with Crippen molar-refractivity contribution < 1.29 is 28.7 Å². The number of cyclic esters (lactones) is 1. The van der Waals surface area contributed by atoms with Gasteiger partial charge in [-0.3, -0.25) is 9.59 Å². The fourth-order valence-electron chi connectivity index (χ4n) is 4.11. The van der Waals surface area contributed by atoms with E-state index >= 15 is 0 Å². The number of ether oxygens (including phenoxy) is 2. The van der Waals surface area contributed by atoms with Gasteiger partial charge < -0.3 is 25.4 Å². The van der Waals surface area contributed by atoms with Gasteiger partial charge in [-0.05, 0) is 39.3 Å². The standard InChI is InChI=1S/C22H25N3O6S/c1-10-11(2)21(30-19(10)28)31-20(29)16-22(3,4)32-18-15(17(27)25(16)18)24-14(26)9-12-7-5-6-8-13(12)23/h5-8,15-16,18,21H,9,23H2,1-4H3,(H,24,26)/t15?,16-,18+,21?/m0/s1.